The van der Waals surface area contributed by atoms with Gasteiger partial charge in [0.1, 0.15) is 6.54 Å². The molecule has 146 valence electrons. The monoisotopic (exact) mass is 392 g/mol. The summed E-state index contributed by atoms with van der Waals surface area (Å²) >= 11 is 0. The lowest BCUT2D eigenvalue weighted by Gasteiger charge is -2.23. The normalized spacial score (nSPS) is 11.0. The molecule has 0 aliphatic rings. The number of nitrogens with zero attached hydrogens (tertiary/aromatic N) is 1. The van der Waals surface area contributed by atoms with Crippen LogP contribution >= 0.6 is 0 Å². The maximum atomic E-state index is 12.3. The van der Waals surface area contributed by atoms with Crippen LogP contribution in [-0.4, -0.2) is 41.3 Å². The number of benzene rings is 2. The fourth-order valence-electron chi connectivity index (χ4n) is 2.47. The highest BCUT2D eigenvalue weighted by Gasteiger charge is 2.22. The highest BCUT2D eigenvalue weighted by Crippen LogP contribution is 2.32. The number of hydrogen-bond acceptors (Lipinski definition) is 5. The van der Waals surface area contributed by atoms with Crippen molar-refractivity contribution in [1.29, 1.82) is 0 Å². The number of hydrogen-bond donors (Lipinski definition) is 1. The minimum absolute atomic E-state index is 0.320. The molecule has 2 aromatic carbocycles. The Hall–Kier alpha value is -2.74. The number of carbonyl (C=O) groups is 1. The molecular formula is C19H24N2O5S. The third-order valence-electron chi connectivity index (χ3n) is 3.95. The molecule has 0 saturated carbocycles. The van der Waals surface area contributed by atoms with E-state index in [-0.39, 0.29) is 6.54 Å². The van der Waals surface area contributed by atoms with Gasteiger partial charge in [-0.05, 0) is 24.6 Å². The molecule has 2 rings (SSSR count). The van der Waals surface area contributed by atoms with E-state index in [0.29, 0.717) is 23.7 Å². The van der Waals surface area contributed by atoms with Crippen molar-refractivity contribution in [3.63, 3.8) is 0 Å². The van der Waals surface area contributed by atoms with Gasteiger partial charge in [0.05, 0.1) is 26.2 Å². The molecule has 7 nitrogen and oxygen atoms in total. The lowest BCUT2D eigenvalue weighted by molar-refractivity contribution is -0.119. The fourth-order valence-corrected chi connectivity index (χ4v) is 3.32. The zero-order valence-electron chi connectivity index (χ0n) is 15.9. The van der Waals surface area contributed by atoms with E-state index in [1.807, 2.05) is 31.2 Å². The second-order valence-electron chi connectivity index (χ2n) is 6.07. The molecule has 8 heteroatoms. The van der Waals surface area contributed by atoms with Gasteiger partial charge in [-0.3, -0.25) is 9.10 Å². The summed E-state index contributed by atoms with van der Waals surface area (Å²) in [5, 5.41) is 2.74. The Morgan fingerprint density at radius 3 is 2.22 bits per heavy atom. The number of anilines is 1. The van der Waals surface area contributed by atoms with Crippen molar-refractivity contribution in [3.05, 3.63) is 53.6 Å². The van der Waals surface area contributed by atoms with Crippen LogP contribution in [0.3, 0.4) is 0 Å². The van der Waals surface area contributed by atoms with Gasteiger partial charge in [-0.2, -0.15) is 0 Å². The van der Waals surface area contributed by atoms with Crippen molar-refractivity contribution in [2.24, 2.45) is 0 Å². The first-order valence-electron chi connectivity index (χ1n) is 8.26. The lowest BCUT2D eigenvalue weighted by atomic mass is 10.1. The SMILES string of the molecule is COc1ccc(N(CC(=O)NCc2ccc(C)cc2)S(C)(=O)=O)cc1OC. The van der Waals surface area contributed by atoms with Crippen LogP contribution in [0.25, 0.3) is 0 Å². The molecule has 1 N–H and O–H groups in total. The van der Waals surface area contributed by atoms with Crippen molar-refractivity contribution in [2.75, 3.05) is 31.3 Å². The van der Waals surface area contributed by atoms with Gasteiger partial charge in [-0.15, -0.1) is 0 Å². The summed E-state index contributed by atoms with van der Waals surface area (Å²) < 4.78 is 35.8. The minimum Gasteiger partial charge on any atom is -0.493 e. The molecule has 0 atom stereocenters. The number of carbonyl (C=O) groups excluding carboxylic acids is 1. The summed E-state index contributed by atoms with van der Waals surface area (Å²) in [7, 11) is -0.721. The smallest absolute Gasteiger partial charge is 0.241 e. The number of rotatable bonds is 8. The molecule has 0 bridgehead atoms. The van der Waals surface area contributed by atoms with Gasteiger partial charge in [0, 0.05) is 12.6 Å². The third kappa shape index (κ3) is 5.62. The molecule has 0 radical (unpaired) electrons. The number of amides is 1. The standard InChI is InChI=1S/C19H24N2O5S/c1-14-5-7-15(8-6-14)12-20-19(22)13-21(27(4,23)24)16-9-10-17(25-2)18(11-16)26-3/h5-11H,12-13H2,1-4H3,(H,20,22). The lowest BCUT2D eigenvalue weighted by Crippen LogP contribution is -2.40. The van der Waals surface area contributed by atoms with Crippen molar-refractivity contribution >= 4 is 21.6 Å². The summed E-state index contributed by atoms with van der Waals surface area (Å²) in [4.78, 5) is 12.3. The van der Waals surface area contributed by atoms with E-state index in [0.717, 1.165) is 21.7 Å². The highest BCUT2D eigenvalue weighted by atomic mass is 32.2. The molecule has 0 unspecified atom stereocenters. The van der Waals surface area contributed by atoms with Crippen LogP contribution in [0.15, 0.2) is 42.5 Å². The quantitative estimate of drug-likeness (QED) is 0.744. The largest absolute Gasteiger partial charge is 0.493 e. The first-order valence-corrected chi connectivity index (χ1v) is 10.1. The Balaban J connectivity index is 2.15. The van der Waals surface area contributed by atoms with Crippen LogP contribution in [0, 0.1) is 6.92 Å². The Kier molecular flexibility index (Phi) is 6.68. The van der Waals surface area contributed by atoms with E-state index in [2.05, 4.69) is 5.32 Å². The van der Waals surface area contributed by atoms with E-state index in [1.54, 1.807) is 12.1 Å². The molecule has 0 spiro atoms. The second-order valence-corrected chi connectivity index (χ2v) is 7.98. The van der Waals surface area contributed by atoms with Crippen molar-refractivity contribution in [3.8, 4) is 11.5 Å². The van der Waals surface area contributed by atoms with Crippen LogP contribution in [-0.2, 0) is 21.4 Å². The predicted octanol–water partition coefficient (Wildman–Crippen LogP) is 2.09. The average Bonchev–Trinajstić information content (AvgIpc) is 2.64. The molecule has 1 amide bonds. The Labute approximate surface area is 160 Å². The van der Waals surface area contributed by atoms with Gasteiger partial charge in [-0.1, -0.05) is 29.8 Å². The van der Waals surface area contributed by atoms with Crippen LogP contribution < -0.4 is 19.1 Å². The van der Waals surface area contributed by atoms with Crippen molar-refractivity contribution in [2.45, 2.75) is 13.5 Å². The number of aryl methyl sites for hydroxylation is 1. The number of ether oxygens (including phenoxy) is 2. The first kappa shape index (κ1) is 20.6. The molecule has 0 aliphatic carbocycles. The summed E-state index contributed by atoms with van der Waals surface area (Å²) in [6.45, 7) is 1.97. The van der Waals surface area contributed by atoms with Crippen LogP contribution in [0.1, 0.15) is 11.1 Å². The fraction of sp³-hybridized carbons (Fsp3) is 0.316. The van der Waals surface area contributed by atoms with Crippen molar-refractivity contribution < 1.29 is 22.7 Å². The molecule has 0 saturated heterocycles. The van der Waals surface area contributed by atoms with Gasteiger partial charge in [0.25, 0.3) is 0 Å². The van der Waals surface area contributed by atoms with Crippen LogP contribution in [0.4, 0.5) is 5.69 Å². The Morgan fingerprint density at radius 2 is 1.67 bits per heavy atom. The van der Waals surface area contributed by atoms with Crippen LogP contribution in [0.5, 0.6) is 11.5 Å². The minimum atomic E-state index is -3.67. The summed E-state index contributed by atoms with van der Waals surface area (Å²) in [6.07, 6.45) is 1.05. The zero-order valence-corrected chi connectivity index (χ0v) is 16.7. The van der Waals surface area contributed by atoms with E-state index in [9.17, 15) is 13.2 Å². The molecule has 27 heavy (non-hydrogen) atoms. The van der Waals surface area contributed by atoms with Gasteiger partial charge >= 0.3 is 0 Å². The predicted molar refractivity (Wildman–Crippen MR) is 105 cm³/mol. The molecular weight excluding hydrogens is 368 g/mol. The van der Waals surface area contributed by atoms with Gasteiger partial charge in [-0.25, -0.2) is 8.42 Å². The van der Waals surface area contributed by atoms with E-state index in [4.69, 9.17) is 9.47 Å². The molecule has 0 aliphatic heterocycles. The van der Waals surface area contributed by atoms with Gasteiger partial charge < -0.3 is 14.8 Å². The van der Waals surface area contributed by atoms with E-state index >= 15 is 0 Å². The van der Waals surface area contributed by atoms with Gasteiger partial charge in [0.2, 0.25) is 15.9 Å². The molecule has 2 aromatic rings. The van der Waals surface area contributed by atoms with Gasteiger partial charge in [0.15, 0.2) is 11.5 Å². The van der Waals surface area contributed by atoms with E-state index in [1.165, 1.54) is 20.3 Å². The Morgan fingerprint density at radius 1 is 1.04 bits per heavy atom. The molecule has 0 fully saturated rings. The zero-order chi connectivity index (χ0) is 20.0. The summed E-state index contributed by atoms with van der Waals surface area (Å²) in [5.41, 5.74) is 2.38. The third-order valence-corrected chi connectivity index (χ3v) is 5.09. The maximum Gasteiger partial charge on any atom is 0.241 e. The van der Waals surface area contributed by atoms with Crippen molar-refractivity contribution in [1.82, 2.24) is 5.32 Å². The second kappa shape index (κ2) is 8.77. The van der Waals surface area contributed by atoms with Crippen LogP contribution in [0.2, 0.25) is 0 Å². The van der Waals surface area contributed by atoms with E-state index < -0.39 is 15.9 Å². The number of nitrogens with one attached hydrogen (secondary N) is 1. The number of methoxy groups -OCH3 is 2. The summed E-state index contributed by atoms with van der Waals surface area (Å²) in [6, 6.07) is 12.4. The topological polar surface area (TPSA) is 84.9 Å². The summed E-state index contributed by atoms with van der Waals surface area (Å²) in [5.74, 6) is 0.443. The number of sulfonamides is 1. The Bertz CT molecular complexity index is 895. The first-order chi connectivity index (χ1) is 12.7. The highest BCUT2D eigenvalue weighted by molar-refractivity contribution is 7.92. The molecule has 0 aromatic heterocycles. The molecule has 0 heterocycles. The average molecular weight is 392 g/mol. The maximum absolute atomic E-state index is 12.3.